The van der Waals surface area contributed by atoms with Crippen LogP contribution in [0.4, 0.5) is 0 Å². The zero-order valence-corrected chi connectivity index (χ0v) is 12.5. The Morgan fingerprint density at radius 2 is 1.83 bits per heavy atom. The number of hydrogen-bond donors (Lipinski definition) is 2. The number of hydrogen-bond acceptors (Lipinski definition) is 4. The van der Waals surface area contributed by atoms with Crippen LogP contribution in [0.1, 0.15) is 12.8 Å². The monoisotopic (exact) mass is 316 g/mol. The lowest BCUT2D eigenvalue weighted by Gasteiger charge is -2.10. The Balaban J connectivity index is 0. The van der Waals surface area contributed by atoms with Crippen LogP contribution in [0.3, 0.4) is 0 Å². The Kier molecular flexibility index (Phi) is 19.5. The van der Waals surface area contributed by atoms with Gasteiger partial charge in [0, 0.05) is 6.42 Å². The van der Waals surface area contributed by atoms with Crippen LogP contribution in [-0.2, 0) is 9.47 Å². The Labute approximate surface area is 119 Å². The largest absolute Gasteiger partial charge is 0.388 e. The molecule has 0 saturated heterocycles. The van der Waals surface area contributed by atoms with Crippen molar-refractivity contribution < 1.29 is 19.5 Å². The van der Waals surface area contributed by atoms with Gasteiger partial charge in [-0.2, -0.15) is 0 Å². The molecule has 0 bridgehead atoms. The maximum absolute atomic E-state index is 9.32. The summed E-state index contributed by atoms with van der Waals surface area (Å²) in [5, 5.41) is 9.32. The molecule has 1 atom stereocenters. The Morgan fingerprint density at radius 1 is 1.33 bits per heavy atom. The summed E-state index contributed by atoms with van der Waals surface area (Å²) >= 11 is 9.32. The second-order valence-electron chi connectivity index (χ2n) is 3.05. The van der Waals surface area contributed by atoms with E-state index in [-0.39, 0.29) is 6.61 Å². The quantitative estimate of drug-likeness (QED) is 0.297. The van der Waals surface area contributed by atoms with Crippen molar-refractivity contribution in [1.29, 1.82) is 0 Å². The highest BCUT2D eigenvalue weighted by Gasteiger charge is 2.03. The van der Waals surface area contributed by atoms with E-state index in [1.165, 1.54) is 0 Å². The zero-order chi connectivity index (χ0) is 14.2. The van der Waals surface area contributed by atoms with Crippen molar-refractivity contribution in [3.8, 4) is 12.3 Å². The fourth-order valence-corrected chi connectivity index (χ4v) is 0.785. The van der Waals surface area contributed by atoms with Gasteiger partial charge in [0.2, 0.25) is 6.85 Å². The van der Waals surface area contributed by atoms with Crippen molar-refractivity contribution in [1.82, 2.24) is 0 Å². The van der Waals surface area contributed by atoms with E-state index in [4.69, 9.17) is 20.8 Å². The second-order valence-corrected chi connectivity index (χ2v) is 5.92. The van der Waals surface area contributed by atoms with Gasteiger partial charge < -0.3 is 19.5 Å². The first-order valence-electron chi connectivity index (χ1n) is 5.23. The minimum absolute atomic E-state index is 0.274. The summed E-state index contributed by atoms with van der Waals surface area (Å²) in [7, 11) is 0. The molecule has 0 fully saturated rings. The number of halogens is 2. The van der Waals surface area contributed by atoms with Gasteiger partial charge in [0.15, 0.2) is 0 Å². The molecule has 0 aliphatic rings. The zero-order valence-electron chi connectivity index (χ0n) is 10.1. The molecular formula is C11H19Cl2O4P. The maximum atomic E-state index is 9.32. The molecule has 106 valence electrons. The molecule has 4 nitrogen and oxygen atoms in total. The number of rotatable bonds is 9. The van der Waals surface area contributed by atoms with Crippen LogP contribution < -0.4 is 0 Å². The predicted octanol–water partition coefficient (Wildman–Crippen LogP) is 2.66. The van der Waals surface area contributed by atoms with Crippen molar-refractivity contribution >= 4 is 29.3 Å². The molecule has 0 aromatic carbocycles. The summed E-state index contributed by atoms with van der Waals surface area (Å²) in [6.07, 6.45) is 7.60. The molecule has 0 saturated carbocycles. The van der Waals surface area contributed by atoms with E-state index in [9.17, 15) is 5.11 Å². The smallest absolute Gasteiger partial charge is 0.222 e. The van der Waals surface area contributed by atoms with E-state index < -0.39 is 13.0 Å². The third kappa shape index (κ3) is 25.1. The van der Waals surface area contributed by atoms with Gasteiger partial charge in [0.25, 0.3) is 0 Å². The van der Waals surface area contributed by atoms with Crippen LogP contribution in [0, 0.1) is 12.3 Å². The molecule has 0 aromatic rings. The van der Waals surface area contributed by atoms with E-state index in [0.29, 0.717) is 26.2 Å². The number of terminal acetylenes is 1. The highest BCUT2D eigenvalue weighted by molar-refractivity contribution is 7.99. The normalized spacial score (nSPS) is 11.3. The lowest BCUT2D eigenvalue weighted by molar-refractivity contribution is -0.0166. The average molecular weight is 317 g/mol. The summed E-state index contributed by atoms with van der Waals surface area (Å²) in [6, 6.07) is 0. The second kappa shape index (κ2) is 17.2. The Hall–Kier alpha value is 0.150. The van der Waals surface area contributed by atoms with Gasteiger partial charge in [-0.1, -0.05) is 6.08 Å². The first kappa shape index (κ1) is 20.5. The van der Waals surface area contributed by atoms with Crippen LogP contribution in [0.15, 0.2) is 12.7 Å². The molecule has 1 unspecified atom stereocenters. The molecule has 0 rings (SSSR count). The minimum Gasteiger partial charge on any atom is -0.388 e. The number of aliphatic hydroxyl groups is 1. The van der Waals surface area contributed by atoms with Gasteiger partial charge in [-0.15, -0.1) is 18.9 Å². The molecular weight excluding hydrogens is 298 g/mol. The summed E-state index contributed by atoms with van der Waals surface area (Å²) in [4.78, 5) is 7.65. The summed E-state index contributed by atoms with van der Waals surface area (Å²) in [6.45, 7) is 3.53. The van der Waals surface area contributed by atoms with Crippen LogP contribution in [-0.4, -0.2) is 42.5 Å². The minimum atomic E-state index is -1.68. The van der Waals surface area contributed by atoms with Crippen molar-refractivity contribution in [2.45, 2.75) is 18.9 Å². The molecule has 0 radical (unpaired) electrons. The summed E-state index contributed by atoms with van der Waals surface area (Å²) in [5.41, 5.74) is 0. The third-order valence-corrected chi connectivity index (χ3v) is 1.48. The molecule has 0 aromatic heterocycles. The predicted molar refractivity (Wildman–Crippen MR) is 76.8 cm³/mol. The van der Waals surface area contributed by atoms with Crippen LogP contribution in [0.25, 0.3) is 0 Å². The van der Waals surface area contributed by atoms with Gasteiger partial charge >= 0.3 is 0 Å². The first-order valence-corrected chi connectivity index (χ1v) is 8.33. The first-order chi connectivity index (χ1) is 8.54. The lowest BCUT2D eigenvalue weighted by Crippen LogP contribution is -2.22. The van der Waals surface area contributed by atoms with E-state index in [2.05, 4.69) is 35.0 Å². The van der Waals surface area contributed by atoms with Gasteiger partial charge in [0.1, 0.15) is 6.10 Å². The number of aliphatic hydroxyl groups excluding tert-OH is 1. The van der Waals surface area contributed by atoms with Gasteiger partial charge in [-0.25, -0.2) is 0 Å². The van der Waals surface area contributed by atoms with Crippen molar-refractivity contribution in [3.05, 3.63) is 12.7 Å². The molecule has 0 aliphatic carbocycles. The molecule has 0 heterocycles. The fourth-order valence-electron chi connectivity index (χ4n) is 0.785. The van der Waals surface area contributed by atoms with Crippen LogP contribution >= 0.6 is 29.3 Å². The average Bonchev–Trinajstić information content (AvgIpc) is 2.30. The third-order valence-electron chi connectivity index (χ3n) is 1.48. The van der Waals surface area contributed by atoms with Gasteiger partial charge in [-0.05, 0) is 28.9 Å². The van der Waals surface area contributed by atoms with Crippen molar-refractivity contribution in [2.24, 2.45) is 0 Å². The molecule has 0 aliphatic heterocycles. The molecule has 7 heteroatoms. The maximum Gasteiger partial charge on any atom is 0.222 e. The van der Waals surface area contributed by atoms with Crippen molar-refractivity contribution in [3.63, 3.8) is 0 Å². The molecule has 2 N–H and O–H groups in total. The molecule has 0 amide bonds. The topological polar surface area (TPSA) is 58.9 Å². The highest BCUT2D eigenvalue weighted by atomic mass is 35.9. The Bertz CT molecular complexity index is 219. The van der Waals surface area contributed by atoms with Gasteiger partial charge in [0.05, 0.1) is 26.4 Å². The Morgan fingerprint density at radius 3 is 2.28 bits per heavy atom. The van der Waals surface area contributed by atoms with Gasteiger partial charge in [-0.3, -0.25) is 0 Å². The molecule has 18 heavy (non-hydrogen) atoms. The fraction of sp³-hybridized carbons (Fsp3) is 0.636. The van der Waals surface area contributed by atoms with Crippen LogP contribution in [0.5, 0.6) is 0 Å². The molecule has 0 spiro atoms. The number of ether oxygens (including phenoxy) is 2. The van der Waals surface area contributed by atoms with E-state index in [1.54, 1.807) is 6.08 Å². The van der Waals surface area contributed by atoms with Crippen LogP contribution in [0.2, 0.25) is 0 Å². The SMILES string of the molecule is C#CCCOCC(O)COCCC=C.OP(Cl)Cl. The van der Waals surface area contributed by atoms with E-state index in [0.717, 1.165) is 6.42 Å². The van der Waals surface area contributed by atoms with E-state index >= 15 is 0 Å². The highest BCUT2D eigenvalue weighted by Crippen LogP contribution is 2.40. The van der Waals surface area contributed by atoms with E-state index in [1.807, 2.05) is 0 Å². The summed E-state index contributed by atoms with van der Waals surface area (Å²) < 4.78 is 10.3. The summed E-state index contributed by atoms with van der Waals surface area (Å²) in [5.74, 6) is 2.45. The standard InChI is InChI=1S/C11H18O3.Cl2HOP/c1-3-5-7-13-9-11(12)10-14-8-6-4-2;1-4(2)3/h1,4,11-12H,2,5-10H2;3H. The van der Waals surface area contributed by atoms with Crippen molar-refractivity contribution in [2.75, 3.05) is 26.4 Å². The lowest BCUT2D eigenvalue weighted by atomic mass is 10.4.